The smallest absolute Gasteiger partial charge is 0.225 e. The van der Waals surface area contributed by atoms with Gasteiger partial charge in [-0.2, -0.15) is 0 Å². The van der Waals surface area contributed by atoms with Crippen LogP contribution in [0.2, 0.25) is 0 Å². The van der Waals surface area contributed by atoms with E-state index in [1.54, 1.807) is 0 Å². The lowest BCUT2D eigenvalue weighted by molar-refractivity contribution is -0.129. The molecule has 1 saturated carbocycles. The molecule has 1 fully saturated rings. The molecule has 0 unspecified atom stereocenters. The number of carbonyl (C=O) groups is 1. The van der Waals surface area contributed by atoms with Crippen LogP contribution in [0.25, 0.3) is 0 Å². The maximum absolute atomic E-state index is 12.4. The van der Waals surface area contributed by atoms with E-state index < -0.39 is 24.2 Å². The highest BCUT2D eigenvalue weighted by Gasteiger charge is 2.50. The number of terminal acetylenes is 1. The summed E-state index contributed by atoms with van der Waals surface area (Å²) in [6, 6.07) is 5.58. The third-order valence-corrected chi connectivity index (χ3v) is 5.97. The zero-order chi connectivity index (χ0) is 18.8. The number of fused-ring (bicyclic) bond motifs is 1. The van der Waals surface area contributed by atoms with Gasteiger partial charge in [0.05, 0.1) is 24.6 Å². The molecule has 1 amide bonds. The Kier molecular flexibility index (Phi) is 5.56. The van der Waals surface area contributed by atoms with Crippen LogP contribution in [0, 0.1) is 32.1 Å². The minimum Gasteiger partial charge on any atom is -0.390 e. The van der Waals surface area contributed by atoms with Crippen LogP contribution in [0.1, 0.15) is 17.5 Å². The van der Waals surface area contributed by atoms with Crippen LogP contribution in [0.4, 0.5) is 5.69 Å². The van der Waals surface area contributed by atoms with Crippen molar-refractivity contribution in [2.24, 2.45) is 10.9 Å². The van der Waals surface area contributed by atoms with E-state index in [-0.39, 0.29) is 24.1 Å². The van der Waals surface area contributed by atoms with E-state index in [4.69, 9.17) is 6.42 Å². The number of aryl methyl sites for hydroxylation is 2. The summed E-state index contributed by atoms with van der Waals surface area (Å²) in [4.78, 5) is 17.0. The summed E-state index contributed by atoms with van der Waals surface area (Å²) in [5, 5.41) is 26.8. The summed E-state index contributed by atoms with van der Waals surface area (Å²) in [5.41, 5.74) is 3.18. The Bertz CT molecular complexity index is 754. The van der Waals surface area contributed by atoms with Crippen molar-refractivity contribution in [2.75, 3.05) is 11.9 Å². The topological polar surface area (TPSA) is 94.0 Å². The summed E-state index contributed by atoms with van der Waals surface area (Å²) in [5.74, 6) is 1.71. The number of benzene rings is 1. The third-order valence-electron chi connectivity index (χ3n) is 4.66. The van der Waals surface area contributed by atoms with E-state index in [1.807, 2.05) is 26.0 Å². The van der Waals surface area contributed by atoms with Crippen molar-refractivity contribution in [3.05, 3.63) is 29.3 Å². The number of amidine groups is 1. The Balaban J connectivity index is 1.78. The lowest BCUT2D eigenvalue weighted by Gasteiger charge is -2.37. The molecule has 1 aromatic rings. The van der Waals surface area contributed by atoms with Crippen LogP contribution in [0.3, 0.4) is 0 Å². The number of carbonyl (C=O) groups excluding carboxylic acids is 1. The molecule has 7 heteroatoms. The Morgan fingerprint density at radius 3 is 2.69 bits per heavy atom. The number of rotatable bonds is 3. The Labute approximate surface area is 157 Å². The van der Waals surface area contributed by atoms with E-state index in [0.717, 1.165) is 16.8 Å². The average molecular weight is 373 g/mol. The van der Waals surface area contributed by atoms with E-state index in [1.165, 1.54) is 11.8 Å². The molecule has 0 aromatic heterocycles. The van der Waals surface area contributed by atoms with Crippen LogP contribution in [-0.2, 0) is 4.79 Å². The number of hydrogen-bond donors (Lipinski definition) is 4. The Hall–Kier alpha value is -2.01. The number of aliphatic hydroxyl groups excluding tert-OH is 2. The third kappa shape index (κ3) is 3.88. The first-order chi connectivity index (χ1) is 12.4. The summed E-state index contributed by atoms with van der Waals surface area (Å²) in [6.07, 6.45) is 3.43. The molecule has 0 radical (unpaired) electrons. The van der Waals surface area contributed by atoms with Crippen molar-refractivity contribution in [3.63, 3.8) is 0 Å². The highest BCUT2D eigenvalue weighted by Crippen LogP contribution is 2.41. The summed E-state index contributed by atoms with van der Waals surface area (Å²) in [6.45, 7) is 4.19. The minimum absolute atomic E-state index is 0.143. The lowest BCUT2D eigenvalue weighted by atomic mass is 9.81. The molecular weight excluding hydrogens is 350 g/mol. The number of aliphatic hydroxyl groups is 2. The predicted molar refractivity (Wildman–Crippen MR) is 104 cm³/mol. The standard InChI is InChI=1S/C19H23N3O3S/c1-4-5-20-18(25)13-9-14(23)16(24)15-17(13)26-19(22-15)21-12-7-10(2)6-11(3)8-12/h1,6-8,13-17,23-24H,5,9H2,2-3H3,(H,20,25)(H,21,22)/t13-,14+,15-,16-,17+/m0/s1. The highest BCUT2D eigenvalue weighted by molar-refractivity contribution is 8.15. The van der Waals surface area contributed by atoms with Gasteiger partial charge in [0, 0.05) is 10.9 Å². The molecule has 1 heterocycles. The van der Waals surface area contributed by atoms with Crippen molar-refractivity contribution < 1.29 is 15.0 Å². The van der Waals surface area contributed by atoms with Gasteiger partial charge in [0.2, 0.25) is 5.91 Å². The van der Waals surface area contributed by atoms with E-state index in [9.17, 15) is 15.0 Å². The number of amides is 1. The molecular formula is C19H23N3O3S. The zero-order valence-electron chi connectivity index (χ0n) is 14.8. The summed E-state index contributed by atoms with van der Waals surface area (Å²) >= 11 is 1.43. The summed E-state index contributed by atoms with van der Waals surface area (Å²) in [7, 11) is 0. The second-order valence-electron chi connectivity index (χ2n) is 6.83. The zero-order valence-corrected chi connectivity index (χ0v) is 15.6. The van der Waals surface area contributed by atoms with Crippen LogP contribution >= 0.6 is 11.8 Å². The van der Waals surface area contributed by atoms with Gasteiger partial charge < -0.3 is 20.8 Å². The highest BCUT2D eigenvalue weighted by atomic mass is 32.2. The van der Waals surface area contributed by atoms with E-state index >= 15 is 0 Å². The van der Waals surface area contributed by atoms with Gasteiger partial charge in [0.25, 0.3) is 0 Å². The maximum Gasteiger partial charge on any atom is 0.225 e. The molecule has 26 heavy (non-hydrogen) atoms. The number of nitrogens with one attached hydrogen (secondary N) is 2. The largest absolute Gasteiger partial charge is 0.390 e. The molecule has 3 rings (SSSR count). The molecule has 6 nitrogen and oxygen atoms in total. The van der Waals surface area contributed by atoms with Gasteiger partial charge in [0.1, 0.15) is 6.10 Å². The molecule has 138 valence electrons. The van der Waals surface area contributed by atoms with Gasteiger partial charge in [-0.3, -0.25) is 9.79 Å². The van der Waals surface area contributed by atoms with Crippen molar-refractivity contribution >= 4 is 28.5 Å². The van der Waals surface area contributed by atoms with Gasteiger partial charge in [-0.15, -0.1) is 6.42 Å². The SMILES string of the molecule is C#CCNC(=O)[C@H]1C[C@@H](O)[C@H](O)[C@@H]2N=C(Nc3cc(C)cc(C)c3)S[C@@H]21. The fraction of sp³-hybridized carbons (Fsp3) is 0.474. The molecule has 1 aliphatic carbocycles. The second kappa shape index (κ2) is 7.70. The van der Waals surface area contributed by atoms with Gasteiger partial charge in [-0.1, -0.05) is 23.7 Å². The molecule has 1 aliphatic heterocycles. The van der Waals surface area contributed by atoms with Crippen LogP contribution in [0.5, 0.6) is 0 Å². The van der Waals surface area contributed by atoms with Crippen LogP contribution in [0.15, 0.2) is 23.2 Å². The lowest BCUT2D eigenvalue weighted by Crippen LogP contribution is -2.54. The van der Waals surface area contributed by atoms with E-state index in [2.05, 4.69) is 27.6 Å². The molecule has 0 bridgehead atoms. The van der Waals surface area contributed by atoms with Crippen molar-refractivity contribution in [3.8, 4) is 12.3 Å². The Morgan fingerprint density at radius 2 is 2.04 bits per heavy atom. The quantitative estimate of drug-likeness (QED) is 0.594. The number of thioether (sulfide) groups is 1. The number of nitrogens with zero attached hydrogens (tertiary/aromatic N) is 1. The molecule has 2 aliphatic rings. The van der Waals surface area contributed by atoms with Crippen molar-refractivity contribution in [1.29, 1.82) is 0 Å². The average Bonchev–Trinajstić information content (AvgIpc) is 2.98. The van der Waals surface area contributed by atoms with Crippen molar-refractivity contribution in [2.45, 2.75) is 43.8 Å². The first-order valence-corrected chi connectivity index (χ1v) is 9.44. The monoisotopic (exact) mass is 373 g/mol. The predicted octanol–water partition coefficient (Wildman–Crippen LogP) is 1.05. The minimum atomic E-state index is -0.984. The van der Waals surface area contributed by atoms with Crippen LogP contribution in [-0.4, -0.2) is 51.3 Å². The van der Waals surface area contributed by atoms with Gasteiger partial charge in [-0.05, 0) is 43.5 Å². The number of anilines is 1. The normalized spacial score (nSPS) is 30.1. The summed E-state index contributed by atoms with van der Waals surface area (Å²) < 4.78 is 0. The number of hydrogen-bond acceptors (Lipinski definition) is 6. The maximum atomic E-state index is 12.4. The molecule has 0 saturated heterocycles. The fourth-order valence-electron chi connectivity index (χ4n) is 3.55. The number of aliphatic imine (C=N–C) groups is 1. The second-order valence-corrected chi connectivity index (χ2v) is 8.00. The Morgan fingerprint density at radius 1 is 1.35 bits per heavy atom. The molecule has 4 N–H and O–H groups in total. The first-order valence-electron chi connectivity index (χ1n) is 8.56. The fourth-order valence-corrected chi connectivity index (χ4v) is 4.93. The van der Waals surface area contributed by atoms with E-state index in [0.29, 0.717) is 5.17 Å². The van der Waals surface area contributed by atoms with Crippen LogP contribution < -0.4 is 10.6 Å². The van der Waals surface area contributed by atoms with Crippen molar-refractivity contribution in [1.82, 2.24) is 5.32 Å². The van der Waals surface area contributed by atoms with Gasteiger partial charge in [-0.25, -0.2) is 0 Å². The van der Waals surface area contributed by atoms with Gasteiger partial charge >= 0.3 is 0 Å². The molecule has 1 aromatic carbocycles. The van der Waals surface area contributed by atoms with Gasteiger partial charge in [0.15, 0.2) is 5.17 Å². The first kappa shape index (κ1) is 18.8. The molecule has 5 atom stereocenters. The molecule has 0 spiro atoms.